The highest BCUT2D eigenvalue weighted by Crippen LogP contribution is 2.37. The molecule has 1 amide bonds. The van der Waals surface area contributed by atoms with Crippen LogP contribution in [0.3, 0.4) is 0 Å². The van der Waals surface area contributed by atoms with Crippen molar-refractivity contribution in [1.29, 1.82) is 0 Å². The molecule has 2 unspecified atom stereocenters. The number of carbonyl (C=O) groups excluding carboxylic acids is 1. The van der Waals surface area contributed by atoms with Crippen molar-refractivity contribution in [2.24, 2.45) is 11.8 Å². The van der Waals surface area contributed by atoms with E-state index in [2.05, 4.69) is 10.2 Å². The number of nitrogens with zero attached hydrogens (tertiary/aromatic N) is 1. The minimum atomic E-state index is 0.109. The van der Waals surface area contributed by atoms with Gasteiger partial charge in [-0.25, -0.2) is 0 Å². The largest absolute Gasteiger partial charge is 0.454 e. The Balaban J connectivity index is 1.26. The van der Waals surface area contributed by atoms with Gasteiger partial charge in [0.15, 0.2) is 11.5 Å². The normalized spacial score (nSPS) is 26.2. The molecular weight excluding hydrogens is 280 g/mol. The first kappa shape index (κ1) is 13.9. The highest BCUT2D eigenvalue weighted by molar-refractivity contribution is 5.78. The molecule has 1 saturated carbocycles. The maximum atomic E-state index is 12.1. The van der Waals surface area contributed by atoms with Crippen molar-refractivity contribution in [3.05, 3.63) is 23.8 Å². The Hall–Kier alpha value is -1.75. The SMILES string of the molecule is O=C(CN1CC2CCCC2C1)NCc1ccc2c(c1)OCO2. The van der Waals surface area contributed by atoms with Gasteiger partial charge in [-0.1, -0.05) is 12.5 Å². The van der Waals surface area contributed by atoms with Crippen LogP contribution in [0.5, 0.6) is 11.5 Å². The van der Waals surface area contributed by atoms with Crippen LogP contribution in [0.1, 0.15) is 24.8 Å². The van der Waals surface area contributed by atoms with Gasteiger partial charge < -0.3 is 14.8 Å². The monoisotopic (exact) mass is 302 g/mol. The van der Waals surface area contributed by atoms with Gasteiger partial charge in [0.1, 0.15) is 0 Å². The predicted octanol–water partition coefficient (Wildman–Crippen LogP) is 1.76. The van der Waals surface area contributed by atoms with Crippen molar-refractivity contribution < 1.29 is 14.3 Å². The second kappa shape index (κ2) is 5.80. The van der Waals surface area contributed by atoms with Crippen LogP contribution in [0.25, 0.3) is 0 Å². The highest BCUT2D eigenvalue weighted by atomic mass is 16.7. The fourth-order valence-corrected chi connectivity index (χ4v) is 3.97. The third kappa shape index (κ3) is 2.77. The molecule has 5 nitrogen and oxygen atoms in total. The zero-order chi connectivity index (χ0) is 14.9. The first-order chi connectivity index (χ1) is 10.8. The van der Waals surface area contributed by atoms with Crippen LogP contribution in [0, 0.1) is 11.8 Å². The fraction of sp³-hybridized carbons (Fsp3) is 0.588. The lowest BCUT2D eigenvalue weighted by atomic mass is 10.0. The summed E-state index contributed by atoms with van der Waals surface area (Å²) in [7, 11) is 0. The summed E-state index contributed by atoms with van der Waals surface area (Å²) in [6.07, 6.45) is 4.07. The van der Waals surface area contributed by atoms with Gasteiger partial charge >= 0.3 is 0 Å². The molecule has 1 aromatic rings. The molecule has 0 bridgehead atoms. The Kier molecular flexibility index (Phi) is 3.66. The summed E-state index contributed by atoms with van der Waals surface area (Å²) in [6, 6.07) is 5.79. The lowest BCUT2D eigenvalue weighted by Gasteiger charge is -2.16. The predicted molar refractivity (Wildman–Crippen MR) is 81.7 cm³/mol. The van der Waals surface area contributed by atoms with Gasteiger partial charge in [0, 0.05) is 19.6 Å². The van der Waals surface area contributed by atoms with Gasteiger partial charge in [0.2, 0.25) is 12.7 Å². The Labute approximate surface area is 130 Å². The molecule has 1 aliphatic carbocycles. The standard InChI is InChI=1S/C17H22N2O3/c20-17(10-19-8-13-2-1-3-14(13)9-19)18-7-12-4-5-15-16(6-12)22-11-21-15/h4-6,13-14H,1-3,7-11H2,(H,18,20). The van der Waals surface area contributed by atoms with Crippen molar-refractivity contribution in [2.75, 3.05) is 26.4 Å². The van der Waals surface area contributed by atoms with Gasteiger partial charge in [-0.05, 0) is 42.4 Å². The van der Waals surface area contributed by atoms with Crippen LogP contribution in [0.15, 0.2) is 18.2 Å². The molecule has 0 radical (unpaired) electrons. The average molecular weight is 302 g/mol. The Morgan fingerprint density at radius 1 is 1.18 bits per heavy atom. The summed E-state index contributed by atoms with van der Waals surface area (Å²) in [4.78, 5) is 14.4. The molecule has 2 atom stereocenters. The van der Waals surface area contributed by atoms with E-state index in [1.807, 2.05) is 18.2 Å². The lowest BCUT2D eigenvalue weighted by molar-refractivity contribution is -0.122. The number of hydrogen-bond acceptors (Lipinski definition) is 4. The van der Waals surface area contributed by atoms with Crippen molar-refractivity contribution in [3.63, 3.8) is 0 Å². The van der Waals surface area contributed by atoms with Gasteiger partial charge in [-0.15, -0.1) is 0 Å². The molecule has 2 fully saturated rings. The second-order valence-electron chi connectivity index (χ2n) is 6.61. The van der Waals surface area contributed by atoms with E-state index >= 15 is 0 Å². The fourth-order valence-electron chi connectivity index (χ4n) is 3.97. The Morgan fingerprint density at radius 2 is 1.95 bits per heavy atom. The molecule has 3 aliphatic rings. The first-order valence-corrected chi connectivity index (χ1v) is 8.15. The van der Waals surface area contributed by atoms with Gasteiger partial charge in [-0.2, -0.15) is 0 Å². The van der Waals surface area contributed by atoms with E-state index in [9.17, 15) is 4.79 Å². The number of amides is 1. The summed E-state index contributed by atoms with van der Waals surface area (Å²) < 4.78 is 10.6. The lowest BCUT2D eigenvalue weighted by Crippen LogP contribution is -2.36. The number of rotatable bonds is 4. The maximum absolute atomic E-state index is 12.1. The molecule has 4 rings (SSSR count). The van der Waals surface area contributed by atoms with Crippen molar-refractivity contribution in [1.82, 2.24) is 10.2 Å². The molecule has 22 heavy (non-hydrogen) atoms. The summed E-state index contributed by atoms with van der Waals surface area (Å²) >= 11 is 0. The number of hydrogen-bond donors (Lipinski definition) is 1. The number of likely N-dealkylation sites (tertiary alicyclic amines) is 1. The quantitative estimate of drug-likeness (QED) is 0.921. The van der Waals surface area contributed by atoms with Crippen molar-refractivity contribution in [3.8, 4) is 11.5 Å². The number of benzene rings is 1. The number of fused-ring (bicyclic) bond motifs is 2. The Morgan fingerprint density at radius 3 is 2.77 bits per heavy atom. The molecule has 1 N–H and O–H groups in total. The summed E-state index contributed by atoms with van der Waals surface area (Å²) in [6.45, 7) is 3.54. The second-order valence-corrected chi connectivity index (χ2v) is 6.61. The van der Waals surface area contributed by atoms with Crippen LogP contribution < -0.4 is 14.8 Å². The number of carbonyl (C=O) groups is 1. The van der Waals surface area contributed by atoms with Gasteiger partial charge in [-0.3, -0.25) is 9.69 Å². The minimum Gasteiger partial charge on any atom is -0.454 e. The molecule has 0 aromatic heterocycles. The zero-order valence-electron chi connectivity index (χ0n) is 12.7. The number of ether oxygens (including phenoxy) is 2. The summed E-state index contributed by atoms with van der Waals surface area (Å²) in [5, 5.41) is 3.01. The van der Waals surface area contributed by atoms with Gasteiger partial charge in [0.05, 0.1) is 6.54 Å². The van der Waals surface area contributed by atoms with Crippen LogP contribution in [-0.2, 0) is 11.3 Å². The van der Waals surface area contributed by atoms with Crippen LogP contribution >= 0.6 is 0 Å². The third-order valence-electron chi connectivity index (χ3n) is 5.10. The average Bonchev–Trinajstić information content (AvgIpc) is 3.19. The van der Waals surface area contributed by atoms with Crippen LogP contribution in [-0.4, -0.2) is 37.2 Å². The van der Waals surface area contributed by atoms with Gasteiger partial charge in [0.25, 0.3) is 0 Å². The minimum absolute atomic E-state index is 0.109. The van der Waals surface area contributed by atoms with E-state index in [1.165, 1.54) is 19.3 Å². The Bertz CT molecular complexity index is 563. The van der Waals surface area contributed by atoms with Crippen molar-refractivity contribution >= 4 is 5.91 Å². The van der Waals surface area contributed by atoms with E-state index in [-0.39, 0.29) is 12.7 Å². The van der Waals surface area contributed by atoms with E-state index in [0.717, 1.165) is 42.0 Å². The van der Waals surface area contributed by atoms with Crippen LogP contribution in [0.2, 0.25) is 0 Å². The molecule has 5 heteroatoms. The van der Waals surface area contributed by atoms with E-state index in [1.54, 1.807) is 0 Å². The topological polar surface area (TPSA) is 50.8 Å². The summed E-state index contributed by atoms with van der Waals surface area (Å²) in [5.74, 6) is 3.32. The molecule has 0 spiro atoms. The van der Waals surface area contributed by atoms with Crippen LogP contribution in [0.4, 0.5) is 0 Å². The highest BCUT2D eigenvalue weighted by Gasteiger charge is 2.36. The molecule has 118 valence electrons. The third-order valence-corrected chi connectivity index (χ3v) is 5.10. The maximum Gasteiger partial charge on any atom is 0.234 e. The smallest absolute Gasteiger partial charge is 0.234 e. The molecule has 2 heterocycles. The van der Waals surface area contributed by atoms with E-state index in [0.29, 0.717) is 13.1 Å². The van der Waals surface area contributed by atoms with Crippen molar-refractivity contribution in [2.45, 2.75) is 25.8 Å². The molecule has 1 saturated heterocycles. The van der Waals surface area contributed by atoms with E-state index < -0.39 is 0 Å². The molecule has 2 aliphatic heterocycles. The molecule has 1 aromatic carbocycles. The number of nitrogens with one attached hydrogen (secondary N) is 1. The summed E-state index contributed by atoms with van der Waals surface area (Å²) in [5.41, 5.74) is 1.04. The zero-order valence-corrected chi connectivity index (χ0v) is 12.7. The first-order valence-electron chi connectivity index (χ1n) is 8.15. The van der Waals surface area contributed by atoms with E-state index in [4.69, 9.17) is 9.47 Å². The molecular formula is C17H22N2O3.